The topological polar surface area (TPSA) is 66.0 Å². The van der Waals surface area contributed by atoms with Crippen LogP contribution in [0.4, 0.5) is 0 Å². The van der Waals surface area contributed by atoms with Crippen molar-refractivity contribution in [3.8, 4) is 0 Å². The van der Waals surface area contributed by atoms with Gasteiger partial charge in [0, 0.05) is 50.4 Å². The minimum absolute atomic E-state index is 0. The summed E-state index contributed by atoms with van der Waals surface area (Å²) in [6.45, 7) is 3.78. The Morgan fingerprint density at radius 3 is 2.74 bits per heavy atom. The highest BCUT2D eigenvalue weighted by molar-refractivity contribution is 14.0. The van der Waals surface area contributed by atoms with E-state index in [-0.39, 0.29) is 29.9 Å². The molecule has 0 spiro atoms. The largest absolute Gasteiger partial charge is 0.379 e. The standard InChI is InChI=1S/C19H29BrN4O2.HI/c1-21-19(24(2)11-12-26-14-15-7-8-15)23-10-4-9-22-18(25)16-5-3-6-17(20)13-16;/h3,5-6,13,15H,4,7-12,14H2,1-2H3,(H,21,23)(H,22,25);1H. The Bertz CT molecular complexity index is 611. The van der Waals surface area contributed by atoms with E-state index in [0.29, 0.717) is 12.1 Å². The lowest BCUT2D eigenvalue weighted by Gasteiger charge is -2.22. The van der Waals surface area contributed by atoms with Crippen molar-refractivity contribution >= 4 is 51.8 Å². The molecule has 0 aliphatic heterocycles. The molecule has 8 heteroatoms. The van der Waals surface area contributed by atoms with Gasteiger partial charge in [0.1, 0.15) is 0 Å². The van der Waals surface area contributed by atoms with Crippen molar-refractivity contribution in [1.29, 1.82) is 0 Å². The van der Waals surface area contributed by atoms with E-state index in [1.54, 1.807) is 13.1 Å². The van der Waals surface area contributed by atoms with Crippen LogP contribution in [0.5, 0.6) is 0 Å². The number of guanidine groups is 1. The Labute approximate surface area is 187 Å². The molecule has 27 heavy (non-hydrogen) atoms. The fraction of sp³-hybridized carbons (Fsp3) is 0.579. The van der Waals surface area contributed by atoms with Crippen molar-refractivity contribution in [3.63, 3.8) is 0 Å². The Morgan fingerprint density at radius 2 is 2.07 bits per heavy atom. The van der Waals surface area contributed by atoms with E-state index in [0.717, 1.165) is 49.1 Å². The second kappa shape index (κ2) is 13.3. The van der Waals surface area contributed by atoms with Crippen LogP contribution >= 0.6 is 39.9 Å². The van der Waals surface area contributed by atoms with E-state index in [1.165, 1.54) is 12.8 Å². The van der Waals surface area contributed by atoms with Crippen LogP contribution in [0.3, 0.4) is 0 Å². The molecule has 2 rings (SSSR count). The normalized spacial score (nSPS) is 13.7. The van der Waals surface area contributed by atoms with Crippen LogP contribution < -0.4 is 10.6 Å². The van der Waals surface area contributed by atoms with E-state index >= 15 is 0 Å². The van der Waals surface area contributed by atoms with Crippen molar-refractivity contribution in [2.45, 2.75) is 19.3 Å². The third-order valence-electron chi connectivity index (χ3n) is 4.20. The third kappa shape index (κ3) is 9.75. The number of carbonyl (C=O) groups is 1. The Kier molecular flexibility index (Phi) is 11.9. The van der Waals surface area contributed by atoms with Crippen LogP contribution in [0, 0.1) is 5.92 Å². The maximum absolute atomic E-state index is 12.1. The van der Waals surface area contributed by atoms with Crippen molar-refractivity contribution in [3.05, 3.63) is 34.3 Å². The highest BCUT2D eigenvalue weighted by Crippen LogP contribution is 2.28. The summed E-state index contributed by atoms with van der Waals surface area (Å²) < 4.78 is 6.57. The molecule has 0 atom stereocenters. The number of hydrogen-bond donors (Lipinski definition) is 2. The molecule has 0 bridgehead atoms. The molecule has 1 aromatic rings. The Morgan fingerprint density at radius 1 is 1.33 bits per heavy atom. The van der Waals surface area contributed by atoms with E-state index in [4.69, 9.17) is 4.74 Å². The van der Waals surface area contributed by atoms with E-state index in [2.05, 4.69) is 36.5 Å². The van der Waals surface area contributed by atoms with E-state index in [1.807, 2.05) is 25.2 Å². The first-order valence-corrected chi connectivity index (χ1v) is 9.92. The monoisotopic (exact) mass is 552 g/mol. The van der Waals surface area contributed by atoms with E-state index < -0.39 is 0 Å². The SMILES string of the molecule is CN=C(NCCCNC(=O)c1cccc(Br)c1)N(C)CCOCC1CC1.I. The first kappa shape index (κ1) is 24.2. The molecule has 0 unspecified atom stereocenters. The molecular weight excluding hydrogens is 523 g/mol. The number of likely N-dealkylation sites (N-methyl/N-ethyl adjacent to an activating group) is 1. The van der Waals surface area contributed by atoms with Gasteiger partial charge in [-0.05, 0) is 43.4 Å². The Balaban J connectivity index is 0.00000364. The summed E-state index contributed by atoms with van der Waals surface area (Å²) in [5.41, 5.74) is 0.661. The van der Waals surface area contributed by atoms with Crippen molar-refractivity contribution in [2.24, 2.45) is 10.9 Å². The van der Waals surface area contributed by atoms with Crippen LogP contribution in [0.2, 0.25) is 0 Å². The highest BCUT2D eigenvalue weighted by atomic mass is 127. The summed E-state index contributed by atoms with van der Waals surface area (Å²) in [6.07, 6.45) is 3.46. The van der Waals surface area contributed by atoms with Gasteiger partial charge in [0.05, 0.1) is 6.61 Å². The average Bonchev–Trinajstić information content (AvgIpc) is 3.45. The number of amides is 1. The first-order chi connectivity index (χ1) is 12.6. The van der Waals surface area contributed by atoms with Crippen LogP contribution in [0.1, 0.15) is 29.6 Å². The minimum atomic E-state index is -0.0550. The van der Waals surface area contributed by atoms with Gasteiger partial charge < -0.3 is 20.3 Å². The number of rotatable bonds is 10. The predicted molar refractivity (Wildman–Crippen MR) is 124 cm³/mol. The van der Waals surface area contributed by atoms with Crippen LogP contribution in [-0.4, -0.2) is 63.7 Å². The van der Waals surface area contributed by atoms with Crippen molar-refractivity contribution < 1.29 is 9.53 Å². The molecule has 0 radical (unpaired) electrons. The van der Waals surface area contributed by atoms with Crippen LogP contribution in [0.15, 0.2) is 33.7 Å². The second-order valence-electron chi connectivity index (χ2n) is 6.53. The summed E-state index contributed by atoms with van der Waals surface area (Å²) >= 11 is 3.38. The summed E-state index contributed by atoms with van der Waals surface area (Å²) in [6, 6.07) is 7.38. The lowest BCUT2D eigenvalue weighted by Crippen LogP contribution is -2.41. The molecule has 0 aromatic heterocycles. The number of ether oxygens (including phenoxy) is 1. The maximum Gasteiger partial charge on any atom is 0.251 e. The molecule has 1 fully saturated rings. The van der Waals surface area contributed by atoms with Gasteiger partial charge in [-0.2, -0.15) is 0 Å². The van der Waals surface area contributed by atoms with Gasteiger partial charge in [0.15, 0.2) is 5.96 Å². The lowest BCUT2D eigenvalue weighted by atomic mass is 10.2. The van der Waals surface area contributed by atoms with Crippen LogP contribution in [0.25, 0.3) is 0 Å². The van der Waals surface area contributed by atoms with E-state index in [9.17, 15) is 4.79 Å². The summed E-state index contributed by atoms with van der Waals surface area (Å²) in [5, 5.41) is 6.25. The molecule has 0 heterocycles. The van der Waals surface area contributed by atoms with Gasteiger partial charge in [0.2, 0.25) is 0 Å². The lowest BCUT2D eigenvalue weighted by molar-refractivity contribution is 0.0953. The molecule has 1 aliphatic carbocycles. The molecule has 1 aromatic carbocycles. The third-order valence-corrected chi connectivity index (χ3v) is 4.70. The zero-order valence-corrected chi connectivity index (χ0v) is 20.0. The van der Waals surface area contributed by atoms with Crippen molar-refractivity contribution in [1.82, 2.24) is 15.5 Å². The molecule has 0 saturated heterocycles. The average molecular weight is 553 g/mol. The first-order valence-electron chi connectivity index (χ1n) is 9.13. The predicted octanol–water partition coefficient (Wildman–Crippen LogP) is 3.12. The highest BCUT2D eigenvalue weighted by Gasteiger charge is 2.21. The Hall–Kier alpha value is -0.870. The van der Waals surface area contributed by atoms with Gasteiger partial charge in [-0.1, -0.05) is 22.0 Å². The van der Waals surface area contributed by atoms with Gasteiger partial charge in [-0.15, -0.1) is 24.0 Å². The number of hydrogen-bond acceptors (Lipinski definition) is 3. The number of nitrogens with one attached hydrogen (secondary N) is 2. The number of aliphatic imine (C=N–C) groups is 1. The molecule has 2 N–H and O–H groups in total. The molecule has 1 amide bonds. The van der Waals surface area contributed by atoms with Gasteiger partial charge in [-0.25, -0.2) is 0 Å². The van der Waals surface area contributed by atoms with Crippen LogP contribution in [-0.2, 0) is 4.74 Å². The summed E-state index contributed by atoms with van der Waals surface area (Å²) in [7, 11) is 3.78. The number of carbonyl (C=O) groups excluding carboxylic acids is 1. The number of benzene rings is 1. The number of halogens is 2. The minimum Gasteiger partial charge on any atom is -0.379 e. The molecule has 1 aliphatic rings. The quantitative estimate of drug-likeness (QED) is 0.203. The molecular formula is C19H30BrIN4O2. The molecule has 1 saturated carbocycles. The molecule has 6 nitrogen and oxygen atoms in total. The maximum atomic E-state index is 12.1. The smallest absolute Gasteiger partial charge is 0.251 e. The second-order valence-corrected chi connectivity index (χ2v) is 7.45. The van der Waals surface area contributed by atoms with Gasteiger partial charge in [0.25, 0.3) is 5.91 Å². The molecule has 152 valence electrons. The fourth-order valence-electron chi connectivity index (χ4n) is 2.45. The number of nitrogens with zero attached hydrogens (tertiary/aromatic N) is 2. The summed E-state index contributed by atoms with van der Waals surface area (Å²) in [4.78, 5) is 18.4. The van der Waals surface area contributed by atoms with Gasteiger partial charge in [-0.3, -0.25) is 9.79 Å². The zero-order valence-electron chi connectivity index (χ0n) is 16.0. The van der Waals surface area contributed by atoms with Gasteiger partial charge >= 0.3 is 0 Å². The zero-order chi connectivity index (χ0) is 18.8. The summed E-state index contributed by atoms with van der Waals surface area (Å²) in [5.74, 6) is 1.59. The fourth-order valence-corrected chi connectivity index (χ4v) is 2.85. The van der Waals surface area contributed by atoms with Crippen molar-refractivity contribution in [2.75, 3.05) is 46.9 Å².